The predicted octanol–water partition coefficient (Wildman–Crippen LogP) is 3.12. The van der Waals surface area contributed by atoms with Gasteiger partial charge in [0.2, 0.25) is 5.91 Å². The molecule has 0 saturated carbocycles. The summed E-state index contributed by atoms with van der Waals surface area (Å²) in [5, 5.41) is 12.6. The quantitative estimate of drug-likeness (QED) is 0.727. The van der Waals surface area contributed by atoms with E-state index in [4.69, 9.17) is 0 Å². The Kier molecular flexibility index (Phi) is 7.71. The van der Waals surface area contributed by atoms with Crippen LogP contribution in [0.25, 0.3) is 5.69 Å². The van der Waals surface area contributed by atoms with Crippen LogP contribution in [-0.2, 0) is 4.79 Å². The molecule has 1 saturated heterocycles. The van der Waals surface area contributed by atoms with Crippen molar-refractivity contribution in [3.63, 3.8) is 0 Å². The van der Waals surface area contributed by atoms with Gasteiger partial charge in [0.1, 0.15) is 17.7 Å². The molecule has 1 aliphatic heterocycles. The lowest BCUT2D eigenvalue weighted by Gasteiger charge is -2.36. The first-order chi connectivity index (χ1) is 15.8. The number of piperazine rings is 1. The Morgan fingerprint density at radius 2 is 1.70 bits per heavy atom. The fourth-order valence-electron chi connectivity index (χ4n) is 4.14. The van der Waals surface area contributed by atoms with Gasteiger partial charge in [-0.3, -0.25) is 14.3 Å². The van der Waals surface area contributed by atoms with Crippen LogP contribution < -0.4 is 5.32 Å². The van der Waals surface area contributed by atoms with E-state index in [9.17, 15) is 19.2 Å². The number of rotatable bonds is 6. The monoisotopic (exact) mass is 454 g/mol. The first-order valence-corrected chi connectivity index (χ1v) is 11.2. The van der Waals surface area contributed by atoms with Gasteiger partial charge in [-0.2, -0.15) is 5.26 Å². The second-order valence-corrected chi connectivity index (χ2v) is 8.12. The highest BCUT2D eigenvalue weighted by atomic mass is 19.1. The summed E-state index contributed by atoms with van der Waals surface area (Å²) in [7, 11) is 0. The summed E-state index contributed by atoms with van der Waals surface area (Å²) in [5.74, 6) is -0.208. The highest BCUT2D eigenvalue weighted by molar-refractivity contribution is 5.93. The fourth-order valence-corrected chi connectivity index (χ4v) is 4.14. The molecule has 0 spiro atoms. The SMILES string of the molecule is CCN(CC)C(=O)N1CCN(CC(=O)Nc2c(C#N)c(C)c(C)n2-c2ccc(F)cc2)CC1. The van der Waals surface area contributed by atoms with Crippen LogP contribution in [0, 0.1) is 31.0 Å². The van der Waals surface area contributed by atoms with E-state index in [1.165, 1.54) is 12.1 Å². The molecule has 0 unspecified atom stereocenters. The summed E-state index contributed by atoms with van der Waals surface area (Å²) in [4.78, 5) is 31.0. The molecule has 1 aromatic heterocycles. The van der Waals surface area contributed by atoms with Gasteiger partial charge in [0.25, 0.3) is 0 Å². The molecule has 1 aromatic carbocycles. The van der Waals surface area contributed by atoms with Crippen LogP contribution in [0.1, 0.15) is 30.7 Å². The van der Waals surface area contributed by atoms with E-state index in [0.717, 1.165) is 11.3 Å². The van der Waals surface area contributed by atoms with Gasteiger partial charge in [0.15, 0.2) is 0 Å². The first-order valence-electron chi connectivity index (χ1n) is 11.2. The normalized spacial score (nSPS) is 14.1. The Bertz CT molecular complexity index is 1040. The van der Waals surface area contributed by atoms with Gasteiger partial charge in [0, 0.05) is 50.6 Å². The Balaban J connectivity index is 1.70. The predicted molar refractivity (Wildman–Crippen MR) is 125 cm³/mol. The van der Waals surface area contributed by atoms with Crippen molar-refractivity contribution in [2.75, 3.05) is 51.1 Å². The Morgan fingerprint density at radius 1 is 1.09 bits per heavy atom. The third-order valence-corrected chi connectivity index (χ3v) is 6.21. The lowest BCUT2D eigenvalue weighted by molar-refractivity contribution is -0.117. The van der Waals surface area contributed by atoms with Crippen LogP contribution in [0.5, 0.6) is 0 Å². The van der Waals surface area contributed by atoms with Gasteiger partial charge >= 0.3 is 6.03 Å². The van der Waals surface area contributed by atoms with Gasteiger partial charge in [-0.15, -0.1) is 0 Å². The molecule has 3 rings (SSSR count). The average Bonchev–Trinajstić information content (AvgIpc) is 3.04. The molecule has 1 fully saturated rings. The van der Waals surface area contributed by atoms with Crippen LogP contribution in [0.3, 0.4) is 0 Å². The van der Waals surface area contributed by atoms with E-state index < -0.39 is 0 Å². The highest BCUT2D eigenvalue weighted by Crippen LogP contribution is 2.30. The van der Waals surface area contributed by atoms with Crippen molar-refractivity contribution < 1.29 is 14.0 Å². The van der Waals surface area contributed by atoms with Gasteiger partial charge in [-0.1, -0.05) is 0 Å². The van der Waals surface area contributed by atoms with Crippen LogP contribution in [0.2, 0.25) is 0 Å². The molecule has 8 nitrogen and oxygen atoms in total. The topological polar surface area (TPSA) is 84.6 Å². The van der Waals surface area contributed by atoms with Gasteiger partial charge in [-0.25, -0.2) is 9.18 Å². The molecular weight excluding hydrogens is 423 g/mol. The summed E-state index contributed by atoms with van der Waals surface area (Å²) in [6.45, 7) is 11.4. The minimum Gasteiger partial charge on any atom is -0.325 e. The number of nitriles is 1. The van der Waals surface area contributed by atoms with E-state index in [0.29, 0.717) is 56.3 Å². The lowest BCUT2D eigenvalue weighted by Crippen LogP contribution is -2.53. The van der Waals surface area contributed by atoms with E-state index in [1.54, 1.807) is 21.6 Å². The molecule has 3 amide bonds. The maximum absolute atomic E-state index is 13.4. The van der Waals surface area contributed by atoms with Crippen LogP contribution in [0.15, 0.2) is 24.3 Å². The summed E-state index contributed by atoms with van der Waals surface area (Å²) in [6, 6.07) is 8.14. The number of urea groups is 1. The second-order valence-electron chi connectivity index (χ2n) is 8.12. The molecule has 0 atom stereocenters. The number of amides is 3. The van der Waals surface area contributed by atoms with E-state index in [2.05, 4.69) is 11.4 Å². The minimum absolute atomic E-state index is 0.0332. The maximum Gasteiger partial charge on any atom is 0.320 e. The molecule has 0 aliphatic carbocycles. The highest BCUT2D eigenvalue weighted by Gasteiger charge is 2.26. The summed E-state index contributed by atoms with van der Waals surface area (Å²) < 4.78 is 15.2. The van der Waals surface area contributed by atoms with E-state index in [1.807, 2.05) is 37.5 Å². The molecule has 1 aliphatic rings. The Morgan fingerprint density at radius 3 is 2.24 bits per heavy atom. The number of benzene rings is 1. The summed E-state index contributed by atoms with van der Waals surface area (Å²) in [6.07, 6.45) is 0. The molecular formula is C24H31FN6O2. The largest absolute Gasteiger partial charge is 0.325 e. The molecule has 9 heteroatoms. The van der Waals surface area contributed by atoms with E-state index >= 15 is 0 Å². The number of halogens is 1. The minimum atomic E-state index is -0.356. The number of hydrogen-bond donors (Lipinski definition) is 1. The fraction of sp³-hybridized carbons (Fsp3) is 0.458. The lowest BCUT2D eigenvalue weighted by atomic mass is 10.2. The Hall–Kier alpha value is -3.38. The summed E-state index contributed by atoms with van der Waals surface area (Å²) in [5.41, 5.74) is 2.62. The molecule has 33 heavy (non-hydrogen) atoms. The number of aromatic nitrogens is 1. The molecule has 0 radical (unpaired) electrons. The van der Waals surface area contributed by atoms with Crippen LogP contribution in [0.4, 0.5) is 15.0 Å². The molecule has 2 aromatic rings. The van der Waals surface area contributed by atoms with Crippen molar-refractivity contribution in [1.82, 2.24) is 19.3 Å². The zero-order chi connectivity index (χ0) is 24.1. The number of nitrogens with one attached hydrogen (secondary N) is 1. The molecule has 1 N–H and O–H groups in total. The van der Waals surface area contributed by atoms with E-state index in [-0.39, 0.29) is 24.3 Å². The molecule has 2 heterocycles. The van der Waals surface area contributed by atoms with Crippen molar-refractivity contribution in [3.05, 3.63) is 46.9 Å². The second kappa shape index (κ2) is 10.5. The third-order valence-electron chi connectivity index (χ3n) is 6.21. The van der Waals surface area contributed by atoms with Crippen molar-refractivity contribution >= 4 is 17.8 Å². The van der Waals surface area contributed by atoms with Crippen LogP contribution in [-0.4, -0.2) is 77.0 Å². The van der Waals surface area contributed by atoms with Crippen LogP contribution >= 0.6 is 0 Å². The van der Waals surface area contributed by atoms with Gasteiger partial charge < -0.3 is 15.1 Å². The van der Waals surface area contributed by atoms with Crippen molar-refractivity contribution in [3.8, 4) is 11.8 Å². The average molecular weight is 455 g/mol. The number of nitrogens with zero attached hydrogens (tertiary/aromatic N) is 5. The third kappa shape index (κ3) is 5.17. The first kappa shape index (κ1) is 24.3. The Labute approximate surface area is 194 Å². The number of hydrogen-bond acceptors (Lipinski definition) is 4. The molecule has 176 valence electrons. The van der Waals surface area contributed by atoms with Gasteiger partial charge in [0.05, 0.1) is 12.1 Å². The van der Waals surface area contributed by atoms with Crippen molar-refractivity contribution in [2.24, 2.45) is 0 Å². The zero-order valence-corrected chi connectivity index (χ0v) is 19.7. The van der Waals surface area contributed by atoms with Crippen molar-refractivity contribution in [2.45, 2.75) is 27.7 Å². The van der Waals surface area contributed by atoms with Gasteiger partial charge in [-0.05, 0) is 57.5 Å². The number of carbonyl (C=O) groups is 2. The molecule has 0 bridgehead atoms. The number of carbonyl (C=O) groups excluding carboxylic acids is 2. The zero-order valence-electron chi connectivity index (χ0n) is 19.7. The standard InChI is InChI=1S/C24H31FN6O2/c1-5-29(6-2)24(33)30-13-11-28(12-14-30)16-22(32)27-23-21(15-26)17(3)18(4)31(23)20-9-7-19(25)8-10-20/h7-10H,5-6,11-14,16H2,1-4H3,(H,27,32). The van der Waals surface area contributed by atoms with Crippen molar-refractivity contribution in [1.29, 1.82) is 5.26 Å². The summed E-state index contributed by atoms with van der Waals surface area (Å²) >= 11 is 0. The smallest absolute Gasteiger partial charge is 0.320 e. The maximum atomic E-state index is 13.4. The number of anilines is 1.